The maximum Gasteiger partial charge on any atom is 0.345 e. The van der Waals surface area contributed by atoms with Gasteiger partial charge in [-0.3, -0.25) is 9.89 Å². The van der Waals surface area contributed by atoms with Gasteiger partial charge in [0.05, 0.1) is 19.1 Å². The molecule has 3 aromatic heterocycles. The summed E-state index contributed by atoms with van der Waals surface area (Å²) < 4.78 is 11.0. The number of carbonyl (C=O) groups is 1. The first kappa shape index (κ1) is 12.2. The van der Waals surface area contributed by atoms with E-state index < -0.39 is 11.5 Å². The molecule has 0 aliphatic heterocycles. The van der Waals surface area contributed by atoms with Gasteiger partial charge in [-0.05, 0) is 19.1 Å². The van der Waals surface area contributed by atoms with E-state index in [2.05, 4.69) is 15.1 Å². The third kappa shape index (κ3) is 1.87. The normalized spacial score (nSPS) is 10.8. The second kappa shape index (κ2) is 4.65. The van der Waals surface area contributed by atoms with Gasteiger partial charge in [-0.25, -0.2) is 9.78 Å². The minimum absolute atomic E-state index is 0.148. The second-order valence-electron chi connectivity index (χ2n) is 3.88. The number of hydrogen-bond donors (Lipinski definition) is 1. The first-order chi connectivity index (χ1) is 9.70. The van der Waals surface area contributed by atoms with Crippen LogP contribution in [0, 0.1) is 0 Å². The molecule has 8 heteroatoms. The van der Waals surface area contributed by atoms with Gasteiger partial charge in [0, 0.05) is 0 Å². The van der Waals surface area contributed by atoms with Crippen LogP contribution in [0.1, 0.15) is 17.3 Å². The Hall–Kier alpha value is -2.90. The fourth-order valence-electron chi connectivity index (χ4n) is 1.73. The maximum absolute atomic E-state index is 12.1. The monoisotopic (exact) mass is 274 g/mol. The van der Waals surface area contributed by atoms with Gasteiger partial charge in [0.15, 0.2) is 11.6 Å². The van der Waals surface area contributed by atoms with E-state index in [0.717, 1.165) is 10.7 Å². The number of ether oxygens (including phenoxy) is 1. The fourth-order valence-corrected chi connectivity index (χ4v) is 1.73. The Morgan fingerprint density at radius 3 is 3.10 bits per heavy atom. The van der Waals surface area contributed by atoms with Crippen LogP contribution >= 0.6 is 0 Å². The van der Waals surface area contributed by atoms with Crippen molar-refractivity contribution in [3.63, 3.8) is 0 Å². The molecule has 3 heterocycles. The van der Waals surface area contributed by atoms with E-state index in [1.165, 1.54) is 6.26 Å². The smallest absolute Gasteiger partial charge is 0.345 e. The van der Waals surface area contributed by atoms with Gasteiger partial charge in [0.1, 0.15) is 5.56 Å². The molecule has 3 aromatic rings. The third-order valence-electron chi connectivity index (χ3n) is 2.62. The summed E-state index contributed by atoms with van der Waals surface area (Å²) in [5, 5.41) is 2.73. The lowest BCUT2D eigenvalue weighted by atomic mass is 10.3. The van der Waals surface area contributed by atoms with Crippen LogP contribution in [0.3, 0.4) is 0 Å². The number of hydrogen-bond acceptors (Lipinski definition) is 6. The van der Waals surface area contributed by atoms with E-state index in [4.69, 9.17) is 9.15 Å². The van der Waals surface area contributed by atoms with Gasteiger partial charge < -0.3 is 9.15 Å². The largest absolute Gasteiger partial charge is 0.462 e. The topological polar surface area (TPSA) is 102 Å². The molecule has 0 amide bonds. The van der Waals surface area contributed by atoms with E-state index >= 15 is 0 Å². The van der Waals surface area contributed by atoms with Crippen LogP contribution in [0.4, 0.5) is 0 Å². The standard InChI is InChI=1S/C12H10N4O4/c1-2-19-11(18)7-6-13-12-14-9(8-4-3-5-20-8)15-16(12)10(7)17/h3-6H,2H2,1H3,(H,13,14,15). The summed E-state index contributed by atoms with van der Waals surface area (Å²) in [5.74, 6) is 0.246. The van der Waals surface area contributed by atoms with E-state index in [1.54, 1.807) is 19.1 Å². The van der Waals surface area contributed by atoms with Crippen LogP contribution < -0.4 is 5.56 Å². The molecule has 0 aliphatic carbocycles. The van der Waals surface area contributed by atoms with Crippen LogP contribution in [0.25, 0.3) is 17.4 Å². The summed E-state index contributed by atoms with van der Waals surface area (Å²) in [6, 6.07) is 3.39. The molecule has 0 radical (unpaired) electrons. The van der Waals surface area contributed by atoms with Crippen LogP contribution in [0.15, 0.2) is 33.8 Å². The van der Waals surface area contributed by atoms with Gasteiger partial charge in [0.2, 0.25) is 0 Å². The fraction of sp³-hybridized carbons (Fsp3) is 0.167. The number of aromatic nitrogens is 4. The van der Waals surface area contributed by atoms with Crippen LogP contribution in [-0.4, -0.2) is 32.2 Å². The molecular formula is C12H10N4O4. The van der Waals surface area contributed by atoms with E-state index in [-0.39, 0.29) is 17.9 Å². The highest BCUT2D eigenvalue weighted by Gasteiger charge is 2.17. The zero-order valence-corrected chi connectivity index (χ0v) is 10.5. The number of H-pyrrole nitrogens is 1. The lowest BCUT2D eigenvalue weighted by molar-refractivity contribution is 0.0523. The third-order valence-corrected chi connectivity index (χ3v) is 2.62. The number of nitrogens with one attached hydrogen (secondary N) is 1. The molecule has 1 N–H and O–H groups in total. The van der Waals surface area contributed by atoms with Gasteiger partial charge in [-0.15, -0.1) is 0 Å². The number of nitrogens with zero attached hydrogens (tertiary/aromatic N) is 3. The molecule has 8 nitrogen and oxygen atoms in total. The molecule has 20 heavy (non-hydrogen) atoms. The highest BCUT2D eigenvalue weighted by atomic mass is 16.5. The molecule has 0 spiro atoms. The Morgan fingerprint density at radius 1 is 1.55 bits per heavy atom. The Morgan fingerprint density at radius 2 is 2.40 bits per heavy atom. The molecule has 102 valence electrons. The minimum Gasteiger partial charge on any atom is -0.462 e. The van der Waals surface area contributed by atoms with E-state index in [9.17, 15) is 9.59 Å². The van der Waals surface area contributed by atoms with E-state index in [1.807, 2.05) is 0 Å². The average molecular weight is 274 g/mol. The van der Waals surface area contributed by atoms with Crippen molar-refractivity contribution >= 4 is 11.7 Å². The van der Waals surface area contributed by atoms with Crippen molar-refractivity contribution in [1.29, 1.82) is 0 Å². The summed E-state index contributed by atoms with van der Waals surface area (Å²) in [6.07, 6.45) is 2.64. The molecule has 0 unspecified atom stereocenters. The van der Waals surface area contributed by atoms with Crippen molar-refractivity contribution in [3.05, 3.63) is 40.5 Å². The quantitative estimate of drug-likeness (QED) is 0.710. The summed E-state index contributed by atoms with van der Waals surface area (Å²) in [7, 11) is 0. The van der Waals surface area contributed by atoms with Crippen molar-refractivity contribution in [1.82, 2.24) is 19.6 Å². The van der Waals surface area contributed by atoms with Gasteiger partial charge in [-0.2, -0.15) is 9.50 Å². The van der Waals surface area contributed by atoms with Crippen molar-refractivity contribution in [2.75, 3.05) is 6.61 Å². The van der Waals surface area contributed by atoms with Crippen LogP contribution in [-0.2, 0) is 4.74 Å². The van der Waals surface area contributed by atoms with Gasteiger partial charge in [0.25, 0.3) is 11.3 Å². The maximum atomic E-state index is 12.1. The predicted octanol–water partition coefficient (Wildman–Crippen LogP) is 0.854. The minimum atomic E-state index is -0.714. The Kier molecular flexibility index (Phi) is 2.82. The number of carbonyl (C=O) groups excluding carboxylic acids is 1. The lowest BCUT2D eigenvalue weighted by Gasteiger charge is -1.99. The number of esters is 1. The Labute approximate surface area is 112 Å². The molecule has 0 aliphatic rings. The first-order valence-corrected chi connectivity index (χ1v) is 5.89. The molecular weight excluding hydrogens is 264 g/mol. The second-order valence-corrected chi connectivity index (χ2v) is 3.88. The molecule has 0 atom stereocenters. The predicted molar refractivity (Wildman–Crippen MR) is 67.3 cm³/mol. The Balaban J connectivity index is 2.14. The van der Waals surface area contributed by atoms with Gasteiger partial charge in [-0.1, -0.05) is 0 Å². The lowest BCUT2D eigenvalue weighted by Crippen LogP contribution is -2.24. The summed E-state index contributed by atoms with van der Waals surface area (Å²) in [4.78, 5) is 31.8. The zero-order valence-electron chi connectivity index (χ0n) is 10.5. The molecule has 0 fully saturated rings. The van der Waals surface area contributed by atoms with Crippen molar-refractivity contribution in [3.8, 4) is 11.6 Å². The van der Waals surface area contributed by atoms with Crippen molar-refractivity contribution in [2.24, 2.45) is 0 Å². The Bertz CT molecular complexity index is 816. The molecule has 0 aromatic carbocycles. The molecule has 0 bridgehead atoms. The van der Waals surface area contributed by atoms with Gasteiger partial charge >= 0.3 is 5.97 Å². The van der Waals surface area contributed by atoms with Crippen molar-refractivity contribution < 1.29 is 13.9 Å². The summed E-state index contributed by atoms with van der Waals surface area (Å²) in [5.41, 5.74) is -0.724. The van der Waals surface area contributed by atoms with Crippen LogP contribution in [0.2, 0.25) is 0 Å². The summed E-state index contributed by atoms with van der Waals surface area (Å²) in [6.45, 7) is 1.84. The highest BCUT2D eigenvalue weighted by molar-refractivity contribution is 5.88. The van der Waals surface area contributed by atoms with E-state index in [0.29, 0.717) is 11.6 Å². The number of aromatic amines is 1. The highest BCUT2D eigenvalue weighted by Crippen LogP contribution is 2.14. The zero-order chi connectivity index (χ0) is 14.1. The SMILES string of the molecule is CCOC(=O)c1cnc2nc(-c3ccco3)[nH]n2c1=O. The average Bonchev–Trinajstić information content (AvgIpc) is 3.08. The molecule has 0 saturated heterocycles. The number of fused-ring (bicyclic) bond motifs is 1. The van der Waals surface area contributed by atoms with Crippen molar-refractivity contribution in [2.45, 2.75) is 6.92 Å². The summed E-state index contributed by atoms with van der Waals surface area (Å²) >= 11 is 0. The number of furan rings is 1. The van der Waals surface area contributed by atoms with Crippen LogP contribution in [0.5, 0.6) is 0 Å². The molecule has 0 saturated carbocycles. The number of rotatable bonds is 3. The molecule has 3 rings (SSSR count). The first-order valence-electron chi connectivity index (χ1n) is 5.89.